The highest BCUT2D eigenvalue weighted by atomic mass is 19.3. The third-order valence-corrected chi connectivity index (χ3v) is 4.82. The maximum atomic E-state index is 13.1. The molecular formula is C19H15F2N7O2. The van der Waals surface area contributed by atoms with Crippen LogP contribution in [-0.4, -0.2) is 49.7 Å². The van der Waals surface area contributed by atoms with Gasteiger partial charge in [-0.15, -0.1) is 0 Å². The summed E-state index contributed by atoms with van der Waals surface area (Å²) in [7, 11) is 0. The lowest BCUT2D eigenvalue weighted by Gasteiger charge is -2.36. The van der Waals surface area contributed by atoms with Gasteiger partial charge in [-0.05, 0) is 30.7 Å². The first kappa shape index (κ1) is 18.2. The molecule has 0 spiro atoms. The number of amides is 1. The zero-order valence-corrected chi connectivity index (χ0v) is 15.7. The molecule has 0 aliphatic carbocycles. The van der Waals surface area contributed by atoms with Crippen molar-refractivity contribution in [3.8, 4) is 11.4 Å². The summed E-state index contributed by atoms with van der Waals surface area (Å²) in [4.78, 5) is 22.4. The number of rotatable bonds is 4. The van der Waals surface area contributed by atoms with Gasteiger partial charge in [-0.3, -0.25) is 4.79 Å². The van der Waals surface area contributed by atoms with Crippen molar-refractivity contribution in [2.24, 2.45) is 0 Å². The standard InChI is InChI=1S/C19H15F2N7O2/c1-11-4-5-12(16-25-18(30-26-16)27-8-19(20,21)9-27)7-13(11)24-17(29)15-14-3-2-6-28(14)23-10-22-15/h2-7,10H,8-9H2,1H3,(H,24,29). The number of alkyl halides is 2. The van der Waals surface area contributed by atoms with Crippen molar-refractivity contribution in [2.45, 2.75) is 12.8 Å². The summed E-state index contributed by atoms with van der Waals surface area (Å²) in [6, 6.07) is 8.82. The Kier molecular flexibility index (Phi) is 3.98. The summed E-state index contributed by atoms with van der Waals surface area (Å²) in [5, 5.41) is 10.8. The molecule has 11 heteroatoms. The van der Waals surface area contributed by atoms with Gasteiger partial charge in [0.05, 0.1) is 18.6 Å². The second-order valence-electron chi connectivity index (χ2n) is 7.04. The van der Waals surface area contributed by atoms with Gasteiger partial charge in [-0.2, -0.15) is 10.1 Å². The van der Waals surface area contributed by atoms with Crippen molar-refractivity contribution in [3.63, 3.8) is 0 Å². The van der Waals surface area contributed by atoms with E-state index in [0.29, 0.717) is 16.8 Å². The predicted octanol–water partition coefficient (Wildman–Crippen LogP) is 2.80. The Morgan fingerprint density at radius 2 is 2.10 bits per heavy atom. The third kappa shape index (κ3) is 3.13. The molecule has 1 fully saturated rings. The third-order valence-electron chi connectivity index (χ3n) is 4.82. The summed E-state index contributed by atoms with van der Waals surface area (Å²) >= 11 is 0. The zero-order chi connectivity index (χ0) is 20.9. The van der Waals surface area contributed by atoms with Crippen LogP contribution in [0.5, 0.6) is 0 Å². The van der Waals surface area contributed by atoms with Crippen LogP contribution in [0.25, 0.3) is 16.9 Å². The molecule has 0 bridgehead atoms. The predicted molar refractivity (Wildman–Crippen MR) is 103 cm³/mol. The lowest BCUT2D eigenvalue weighted by molar-refractivity contribution is -0.0293. The molecule has 30 heavy (non-hydrogen) atoms. The molecule has 0 atom stereocenters. The summed E-state index contributed by atoms with van der Waals surface area (Å²) in [6.07, 6.45) is 3.03. The second kappa shape index (κ2) is 6.58. The Morgan fingerprint density at radius 1 is 1.27 bits per heavy atom. The SMILES string of the molecule is Cc1ccc(-c2noc(N3CC(F)(F)C3)n2)cc1NC(=O)c1ncnn2cccc12. The van der Waals surface area contributed by atoms with Crippen LogP contribution in [0.3, 0.4) is 0 Å². The van der Waals surface area contributed by atoms with Crippen molar-refractivity contribution in [1.29, 1.82) is 0 Å². The molecule has 152 valence electrons. The van der Waals surface area contributed by atoms with Gasteiger partial charge in [0.15, 0.2) is 5.69 Å². The van der Waals surface area contributed by atoms with Gasteiger partial charge in [0, 0.05) is 17.4 Å². The number of fused-ring (bicyclic) bond motifs is 1. The highest BCUT2D eigenvalue weighted by Gasteiger charge is 2.46. The van der Waals surface area contributed by atoms with Crippen molar-refractivity contribution in [2.75, 3.05) is 23.3 Å². The Morgan fingerprint density at radius 3 is 2.90 bits per heavy atom. The first-order valence-corrected chi connectivity index (χ1v) is 9.07. The molecule has 3 aromatic heterocycles. The normalized spacial score (nSPS) is 15.2. The number of aryl methyl sites for hydroxylation is 1. The molecule has 0 saturated carbocycles. The smallest absolute Gasteiger partial charge is 0.320 e. The van der Waals surface area contributed by atoms with E-state index < -0.39 is 24.9 Å². The van der Waals surface area contributed by atoms with Crippen LogP contribution in [0.15, 0.2) is 47.4 Å². The minimum absolute atomic E-state index is 0.0405. The first-order valence-electron chi connectivity index (χ1n) is 9.07. The minimum Gasteiger partial charge on any atom is -0.320 e. The van der Waals surface area contributed by atoms with E-state index in [1.165, 1.54) is 11.2 Å². The van der Waals surface area contributed by atoms with Gasteiger partial charge in [-0.1, -0.05) is 17.3 Å². The van der Waals surface area contributed by atoms with E-state index in [4.69, 9.17) is 4.52 Å². The fourth-order valence-corrected chi connectivity index (χ4v) is 3.23. The molecule has 1 amide bonds. The van der Waals surface area contributed by atoms with E-state index in [0.717, 1.165) is 5.56 Å². The van der Waals surface area contributed by atoms with E-state index in [1.807, 2.05) is 6.92 Å². The fraction of sp³-hybridized carbons (Fsp3) is 0.211. The number of hydrogen-bond acceptors (Lipinski definition) is 7. The van der Waals surface area contributed by atoms with Gasteiger partial charge in [0.2, 0.25) is 5.82 Å². The second-order valence-corrected chi connectivity index (χ2v) is 7.04. The monoisotopic (exact) mass is 411 g/mol. The molecule has 4 aromatic rings. The molecular weight excluding hydrogens is 396 g/mol. The lowest BCUT2D eigenvalue weighted by Crippen LogP contribution is -2.56. The summed E-state index contributed by atoms with van der Waals surface area (Å²) in [5.41, 5.74) is 2.76. The highest BCUT2D eigenvalue weighted by Crippen LogP contribution is 2.32. The molecule has 1 aliphatic rings. The number of carbonyl (C=O) groups is 1. The number of nitrogens with one attached hydrogen (secondary N) is 1. The molecule has 1 aliphatic heterocycles. The number of aromatic nitrogens is 5. The fourth-order valence-electron chi connectivity index (χ4n) is 3.23. The number of halogens is 2. The molecule has 4 heterocycles. The summed E-state index contributed by atoms with van der Waals surface area (Å²) < 4.78 is 32.8. The topological polar surface area (TPSA) is 101 Å². The molecule has 1 saturated heterocycles. The van der Waals surface area contributed by atoms with Crippen molar-refractivity contribution in [3.05, 3.63) is 54.1 Å². The summed E-state index contributed by atoms with van der Waals surface area (Å²) in [5.74, 6) is -2.88. The van der Waals surface area contributed by atoms with Gasteiger partial charge in [0.25, 0.3) is 11.8 Å². The molecule has 0 unspecified atom stereocenters. The zero-order valence-electron chi connectivity index (χ0n) is 15.7. The summed E-state index contributed by atoms with van der Waals surface area (Å²) in [6.45, 7) is 0.948. The number of anilines is 2. The Balaban J connectivity index is 1.40. The van der Waals surface area contributed by atoms with Crippen molar-refractivity contribution >= 4 is 23.1 Å². The van der Waals surface area contributed by atoms with E-state index >= 15 is 0 Å². The molecule has 5 rings (SSSR count). The molecule has 0 radical (unpaired) electrons. The molecule has 1 aromatic carbocycles. The quantitative estimate of drug-likeness (QED) is 0.551. The number of benzene rings is 1. The van der Waals surface area contributed by atoms with Gasteiger partial charge >= 0.3 is 6.01 Å². The minimum atomic E-state index is -2.73. The Hall–Kier alpha value is -3.89. The van der Waals surface area contributed by atoms with E-state index in [1.54, 1.807) is 41.0 Å². The Bertz CT molecular complexity index is 1260. The van der Waals surface area contributed by atoms with E-state index in [2.05, 4.69) is 25.5 Å². The lowest BCUT2D eigenvalue weighted by atomic mass is 10.1. The molecule has 9 nitrogen and oxygen atoms in total. The highest BCUT2D eigenvalue weighted by molar-refractivity contribution is 6.07. The van der Waals surface area contributed by atoms with Crippen LogP contribution in [0.2, 0.25) is 0 Å². The van der Waals surface area contributed by atoms with E-state index in [-0.39, 0.29) is 17.5 Å². The van der Waals surface area contributed by atoms with Crippen LogP contribution in [0, 0.1) is 6.92 Å². The maximum Gasteiger partial charge on any atom is 0.324 e. The largest absolute Gasteiger partial charge is 0.324 e. The van der Waals surface area contributed by atoms with Gasteiger partial charge in [0.1, 0.15) is 6.33 Å². The van der Waals surface area contributed by atoms with Crippen molar-refractivity contribution in [1.82, 2.24) is 24.7 Å². The van der Waals surface area contributed by atoms with Crippen molar-refractivity contribution < 1.29 is 18.1 Å². The van der Waals surface area contributed by atoms with Crippen LogP contribution in [0.1, 0.15) is 16.1 Å². The maximum absolute atomic E-state index is 13.1. The first-order chi connectivity index (χ1) is 14.4. The number of hydrogen-bond donors (Lipinski definition) is 1. The average Bonchev–Trinajstić information content (AvgIpc) is 3.37. The van der Waals surface area contributed by atoms with Crippen LogP contribution >= 0.6 is 0 Å². The van der Waals surface area contributed by atoms with E-state index in [9.17, 15) is 13.6 Å². The molecule has 1 N–H and O–H groups in total. The number of nitrogens with zero attached hydrogens (tertiary/aromatic N) is 6. The Labute approximate surface area is 168 Å². The van der Waals surface area contributed by atoms with Gasteiger partial charge in [-0.25, -0.2) is 18.3 Å². The van der Waals surface area contributed by atoms with Crippen LogP contribution in [-0.2, 0) is 0 Å². The van der Waals surface area contributed by atoms with Gasteiger partial charge < -0.3 is 14.7 Å². The van der Waals surface area contributed by atoms with Crippen LogP contribution in [0.4, 0.5) is 20.5 Å². The average molecular weight is 411 g/mol. The van der Waals surface area contributed by atoms with Crippen LogP contribution < -0.4 is 10.2 Å². The number of carbonyl (C=O) groups excluding carboxylic acids is 1.